The van der Waals surface area contributed by atoms with Crippen molar-refractivity contribution >= 4 is 39.3 Å². The molecular formula is C21H20ClN3O5S. The number of esters is 1. The van der Waals surface area contributed by atoms with Gasteiger partial charge in [-0.15, -0.1) is 0 Å². The number of benzene rings is 3. The normalized spacial score (nSPS) is 10.4. The molecule has 3 rings (SSSR count). The smallest absolute Gasteiger partial charge is 0.343 e. The maximum absolute atomic E-state index is 11.9. The fourth-order valence-electron chi connectivity index (χ4n) is 2.20. The number of hydrogen-bond donors (Lipinski definition) is 3. The molecule has 0 amide bonds. The van der Waals surface area contributed by atoms with Crippen molar-refractivity contribution in [3.05, 3.63) is 88.9 Å². The molecule has 0 aliphatic carbocycles. The van der Waals surface area contributed by atoms with Gasteiger partial charge >= 0.3 is 5.97 Å². The van der Waals surface area contributed by atoms with Gasteiger partial charge in [0.05, 0.1) is 16.1 Å². The number of aryl methyl sites for hydroxylation is 1. The van der Waals surface area contributed by atoms with Crippen LogP contribution < -0.4 is 16.2 Å². The van der Waals surface area contributed by atoms with Crippen molar-refractivity contribution in [3.8, 4) is 5.75 Å². The molecule has 0 heterocycles. The van der Waals surface area contributed by atoms with E-state index in [4.69, 9.17) is 32.4 Å². The van der Waals surface area contributed by atoms with Crippen molar-refractivity contribution in [1.29, 1.82) is 0 Å². The van der Waals surface area contributed by atoms with E-state index in [9.17, 15) is 13.2 Å². The Hall–Kier alpha value is -3.40. The number of rotatable bonds is 4. The average molecular weight is 462 g/mol. The molecule has 10 heteroatoms. The molecule has 0 aromatic heterocycles. The second kappa shape index (κ2) is 10.6. The fourth-order valence-corrected chi connectivity index (χ4v) is 2.81. The predicted octanol–water partition coefficient (Wildman–Crippen LogP) is 3.71. The number of hydrogen-bond acceptors (Lipinski definition) is 5. The van der Waals surface area contributed by atoms with Crippen LogP contribution in [-0.4, -0.2) is 24.9 Å². The molecule has 0 bridgehead atoms. The lowest BCUT2D eigenvalue weighted by Gasteiger charge is -2.04. The first-order valence-electron chi connectivity index (χ1n) is 8.76. The molecule has 0 saturated heterocycles. The standard InChI is InChI=1S/C14H12ClN3O2.C7H8O3S/c15-10-3-7-12(8-4-10)20-13(19)9-1-5-11(6-2-9)18-14(16)17;1-6-2-4-7(5-3-6)11(8,9)10/h1-8H,(H4,16,17,18);2-5H,1H3,(H,8,9,10). The molecule has 3 aromatic rings. The number of nitrogens with zero attached hydrogens (tertiary/aromatic N) is 1. The van der Waals surface area contributed by atoms with E-state index in [0.29, 0.717) is 22.0 Å². The predicted molar refractivity (Wildman–Crippen MR) is 119 cm³/mol. The summed E-state index contributed by atoms with van der Waals surface area (Å²) in [6.07, 6.45) is 0. The number of halogens is 1. The molecule has 5 N–H and O–H groups in total. The summed E-state index contributed by atoms with van der Waals surface area (Å²) in [4.78, 5) is 15.7. The summed E-state index contributed by atoms with van der Waals surface area (Å²) in [6, 6.07) is 18.9. The van der Waals surface area contributed by atoms with Gasteiger partial charge in [-0.2, -0.15) is 8.42 Å². The van der Waals surface area contributed by atoms with Crippen molar-refractivity contribution in [2.45, 2.75) is 11.8 Å². The highest BCUT2D eigenvalue weighted by Gasteiger charge is 2.08. The first-order chi connectivity index (χ1) is 14.5. The summed E-state index contributed by atoms with van der Waals surface area (Å²) < 4.78 is 34.7. The van der Waals surface area contributed by atoms with Gasteiger partial charge in [-0.1, -0.05) is 29.3 Å². The van der Waals surface area contributed by atoms with Crippen LogP contribution in [0.2, 0.25) is 5.02 Å². The highest BCUT2D eigenvalue weighted by Crippen LogP contribution is 2.18. The molecule has 0 atom stereocenters. The van der Waals surface area contributed by atoms with Gasteiger partial charge in [-0.05, 0) is 67.6 Å². The molecule has 3 aromatic carbocycles. The topological polar surface area (TPSA) is 145 Å². The highest BCUT2D eigenvalue weighted by molar-refractivity contribution is 7.85. The van der Waals surface area contributed by atoms with Crippen LogP contribution in [0.5, 0.6) is 5.75 Å². The average Bonchev–Trinajstić information content (AvgIpc) is 2.70. The zero-order chi connectivity index (χ0) is 23.0. The van der Waals surface area contributed by atoms with Crippen LogP contribution in [0.4, 0.5) is 5.69 Å². The van der Waals surface area contributed by atoms with Crippen molar-refractivity contribution in [1.82, 2.24) is 0 Å². The molecule has 162 valence electrons. The number of carbonyl (C=O) groups is 1. The van der Waals surface area contributed by atoms with E-state index in [0.717, 1.165) is 5.56 Å². The Morgan fingerprint density at radius 3 is 1.97 bits per heavy atom. The van der Waals surface area contributed by atoms with Crippen LogP contribution in [0.3, 0.4) is 0 Å². The Kier molecular flexibility index (Phi) is 8.14. The van der Waals surface area contributed by atoms with Gasteiger partial charge in [0, 0.05) is 5.02 Å². The lowest BCUT2D eigenvalue weighted by Crippen LogP contribution is -2.21. The Bertz CT molecular complexity index is 1160. The first kappa shape index (κ1) is 23.9. The zero-order valence-corrected chi connectivity index (χ0v) is 18.0. The summed E-state index contributed by atoms with van der Waals surface area (Å²) in [5.74, 6) is -0.0854. The van der Waals surface area contributed by atoms with Gasteiger partial charge in [0.1, 0.15) is 5.75 Å². The van der Waals surface area contributed by atoms with Gasteiger partial charge in [-0.25, -0.2) is 9.79 Å². The highest BCUT2D eigenvalue weighted by atomic mass is 35.5. The third-order valence-corrected chi connectivity index (χ3v) is 4.82. The quantitative estimate of drug-likeness (QED) is 0.176. The van der Waals surface area contributed by atoms with Crippen LogP contribution in [0.15, 0.2) is 82.7 Å². The molecule has 0 fully saturated rings. The van der Waals surface area contributed by atoms with Crippen molar-refractivity contribution < 1.29 is 22.5 Å². The minimum absolute atomic E-state index is 0.0403. The third-order valence-electron chi connectivity index (χ3n) is 3.70. The second-order valence-electron chi connectivity index (χ2n) is 6.22. The number of guanidine groups is 1. The number of ether oxygens (including phenoxy) is 1. The fraction of sp³-hybridized carbons (Fsp3) is 0.0476. The maximum atomic E-state index is 11.9. The van der Waals surface area contributed by atoms with E-state index in [2.05, 4.69) is 4.99 Å². The van der Waals surface area contributed by atoms with Crippen molar-refractivity contribution in [2.75, 3.05) is 0 Å². The molecule has 8 nitrogen and oxygen atoms in total. The Labute approximate surface area is 184 Å². The van der Waals surface area contributed by atoms with Gasteiger partial charge < -0.3 is 16.2 Å². The molecule has 0 aliphatic heterocycles. The van der Waals surface area contributed by atoms with Crippen LogP contribution >= 0.6 is 11.6 Å². The van der Waals surface area contributed by atoms with Crippen LogP contribution in [0, 0.1) is 6.92 Å². The van der Waals surface area contributed by atoms with Gasteiger partial charge in [0.2, 0.25) is 0 Å². The number of aliphatic imine (C=N–C) groups is 1. The molecule has 31 heavy (non-hydrogen) atoms. The minimum Gasteiger partial charge on any atom is -0.423 e. The number of carbonyl (C=O) groups excluding carboxylic acids is 1. The Morgan fingerprint density at radius 1 is 0.935 bits per heavy atom. The zero-order valence-electron chi connectivity index (χ0n) is 16.4. The lowest BCUT2D eigenvalue weighted by molar-refractivity contribution is 0.0735. The van der Waals surface area contributed by atoms with Gasteiger partial charge in [-0.3, -0.25) is 4.55 Å². The summed E-state index contributed by atoms with van der Waals surface area (Å²) in [7, 11) is -4.02. The van der Waals surface area contributed by atoms with Crippen molar-refractivity contribution in [3.63, 3.8) is 0 Å². The SMILES string of the molecule is Cc1ccc(S(=O)(=O)O)cc1.NC(N)=Nc1ccc(C(=O)Oc2ccc(Cl)cc2)cc1. The molecule has 0 aliphatic rings. The van der Waals surface area contributed by atoms with Crippen LogP contribution in [0.25, 0.3) is 0 Å². The molecule has 0 spiro atoms. The summed E-state index contributed by atoms with van der Waals surface area (Å²) in [6.45, 7) is 1.84. The van der Waals surface area contributed by atoms with E-state index in [1.165, 1.54) is 12.1 Å². The van der Waals surface area contributed by atoms with E-state index < -0.39 is 16.1 Å². The molecule has 0 radical (unpaired) electrons. The monoisotopic (exact) mass is 461 g/mol. The largest absolute Gasteiger partial charge is 0.423 e. The Balaban J connectivity index is 0.000000262. The summed E-state index contributed by atoms with van der Waals surface area (Å²) in [5.41, 5.74) is 12.4. The van der Waals surface area contributed by atoms with E-state index in [1.54, 1.807) is 60.7 Å². The molecule has 0 unspecified atom stereocenters. The van der Waals surface area contributed by atoms with Crippen LogP contribution in [0.1, 0.15) is 15.9 Å². The van der Waals surface area contributed by atoms with Gasteiger partial charge in [0.25, 0.3) is 10.1 Å². The number of nitrogens with two attached hydrogens (primary N) is 2. The van der Waals surface area contributed by atoms with E-state index >= 15 is 0 Å². The Morgan fingerprint density at radius 2 is 1.48 bits per heavy atom. The second-order valence-corrected chi connectivity index (χ2v) is 8.07. The molecule has 0 saturated carbocycles. The summed E-state index contributed by atoms with van der Waals surface area (Å²) >= 11 is 5.75. The van der Waals surface area contributed by atoms with Crippen molar-refractivity contribution in [2.24, 2.45) is 16.5 Å². The van der Waals surface area contributed by atoms with E-state index in [-0.39, 0.29) is 10.9 Å². The first-order valence-corrected chi connectivity index (χ1v) is 10.6. The third kappa shape index (κ3) is 8.09. The van der Waals surface area contributed by atoms with Gasteiger partial charge in [0.15, 0.2) is 5.96 Å². The van der Waals surface area contributed by atoms with E-state index in [1.807, 2.05) is 6.92 Å². The van der Waals surface area contributed by atoms with Crippen LogP contribution in [-0.2, 0) is 10.1 Å². The molecular weight excluding hydrogens is 442 g/mol. The summed E-state index contributed by atoms with van der Waals surface area (Å²) in [5, 5.41) is 0.575. The maximum Gasteiger partial charge on any atom is 0.343 e. The minimum atomic E-state index is -4.02. The lowest BCUT2D eigenvalue weighted by atomic mass is 10.2.